The summed E-state index contributed by atoms with van der Waals surface area (Å²) in [7, 11) is 0. The zero-order valence-corrected chi connectivity index (χ0v) is 13.8. The molecule has 1 aliphatic rings. The van der Waals surface area contributed by atoms with Gasteiger partial charge in [-0.15, -0.1) is 0 Å². The molecule has 2 aromatic rings. The molecule has 1 aromatic carbocycles. The molecule has 1 aliphatic heterocycles. The van der Waals surface area contributed by atoms with Gasteiger partial charge in [-0.25, -0.2) is 0 Å². The smallest absolute Gasteiger partial charge is 0.269 e. The van der Waals surface area contributed by atoms with E-state index in [1.165, 1.54) is 5.56 Å². The van der Waals surface area contributed by atoms with Crippen LogP contribution < -0.4 is 10.6 Å². The van der Waals surface area contributed by atoms with Gasteiger partial charge in [0, 0.05) is 12.1 Å². The number of nitrogens with one attached hydrogen (secondary N) is 3. The van der Waals surface area contributed by atoms with Crippen molar-refractivity contribution in [1.82, 2.24) is 20.8 Å². The van der Waals surface area contributed by atoms with E-state index in [-0.39, 0.29) is 11.3 Å². The number of rotatable bonds is 4. The molecule has 0 spiro atoms. The number of H-pyrrole nitrogens is 1. The SMILES string of the molecule is Cc1ccc(-c2cc(C(=O)NCC3(C)CCNCC3)[nH]n2)cc1. The minimum absolute atomic E-state index is 0.0874. The van der Waals surface area contributed by atoms with Gasteiger partial charge in [-0.05, 0) is 44.3 Å². The normalized spacial score (nSPS) is 17.0. The lowest BCUT2D eigenvalue weighted by Gasteiger charge is -2.34. The summed E-state index contributed by atoms with van der Waals surface area (Å²) < 4.78 is 0. The molecule has 5 nitrogen and oxygen atoms in total. The van der Waals surface area contributed by atoms with Crippen LogP contribution in [0, 0.1) is 12.3 Å². The van der Waals surface area contributed by atoms with Crippen molar-refractivity contribution in [2.24, 2.45) is 5.41 Å². The van der Waals surface area contributed by atoms with Crippen molar-refractivity contribution in [1.29, 1.82) is 0 Å². The second kappa shape index (κ2) is 6.54. The first-order valence-corrected chi connectivity index (χ1v) is 8.17. The van der Waals surface area contributed by atoms with Crippen molar-refractivity contribution in [3.63, 3.8) is 0 Å². The summed E-state index contributed by atoms with van der Waals surface area (Å²) in [6.45, 7) is 7.03. The van der Waals surface area contributed by atoms with Gasteiger partial charge in [0.1, 0.15) is 5.69 Å². The number of amides is 1. The number of carbonyl (C=O) groups is 1. The fourth-order valence-corrected chi connectivity index (χ4v) is 2.91. The zero-order valence-electron chi connectivity index (χ0n) is 13.8. The van der Waals surface area contributed by atoms with Gasteiger partial charge in [0.2, 0.25) is 0 Å². The Labute approximate surface area is 136 Å². The minimum Gasteiger partial charge on any atom is -0.350 e. The quantitative estimate of drug-likeness (QED) is 0.812. The number of hydrogen-bond acceptors (Lipinski definition) is 3. The van der Waals surface area contributed by atoms with E-state index >= 15 is 0 Å². The Bertz CT molecular complexity index is 669. The predicted octanol–water partition coefficient (Wildman–Crippen LogP) is 2.50. The molecule has 2 heterocycles. The van der Waals surface area contributed by atoms with Crippen molar-refractivity contribution in [3.05, 3.63) is 41.6 Å². The van der Waals surface area contributed by atoms with Gasteiger partial charge in [0.05, 0.1) is 5.69 Å². The van der Waals surface area contributed by atoms with E-state index in [0.717, 1.165) is 37.2 Å². The van der Waals surface area contributed by atoms with Gasteiger partial charge >= 0.3 is 0 Å². The van der Waals surface area contributed by atoms with Crippen molar-refractivity contribution in [2.45, 2.75) is 26.7 Å². The van der Waals surface area contributed by atoms with Crippen LogP contribution in [0.5, 0.6) is 0 Å². The highest BCUT2D eigenvalue weighted by molar-refractivity contribution is 5.93. The van der Waals surface area contributed by atoms with Crippen molar-refractivity contribution >= 4 is 5.91 Å². The zero-order chi connectivity index (χ0) is 16.3. The molecule has 0 bridgehead atoms. The van der Waals surface area contributed by atoms with E-state index in [9.17, 15) is 4.79 Å². The summed E-state index contributed by atoms with van der Waals surface area (Å²) in [5, 5.41) is 13.5. The molecule has 0 unspecified atom stereocenters. The largest absolute Gasteiger partial charge is 0.350 e. The van der Waals surface area contributed by atoms with Gasteiger partial charge in [-0.3, -0.25) is 9.89 Å². The number of carbonyl (C=O) groups excluding carboxylic acids is 1. The van der Waals surface area contributed by atoms with Gasteiger partial charge < -0.3 is 10.6 Å². The molecule has 3 rings (SSSR count). The van der Waals surface area contributed by atoms with Crippen LogP contribution in [0.2, 0.25) is 0 Å². The second-order valence-corrected chi connectivity index (χ2v) is 6.78. The number of aromatic amines is 1. The van der Waals surface area contributed by atoms with Crippen LogP contribution in [0.25, 0.3) is 11.3 Å². The highest BCUT2D eigenvalue weighted by Gasteiger charge is 2.27. The molecule has 0 aliphatic carbocycles. The Morgan fingerprint density at radius 1 is 1.26 bits per heavy atom. The van der Waals surface area contributed by atoms with E-state index in [0.29, 0.717) is 12.2 Å². The molecule has 1 fully saturated rings. The van der Waals surface area contributed by atoms with Gasteiger partial charge in [0.15, 0.2) is 0 Å². The lowest BCUT2D eigenvalue weighted by molar-refractivity contribution is 0.0917. The first-order chi connectivity index (χ1) is 11.1. The molecule has 1 aromatic heterocycles. The topological polar surface area (TPSA) is 69.8 Å². The van der Waals surface area contributed by atoms with Crippen LogP contribution in [0.1, 0.15) is 35.8 Å². The maximum absolute atomic E-state index is 12.3. The van der Waals surface area contributed by atoms with Crippen LogP contribution >= 0.6 is 0 Å². The van der Waals surface area contributed by atoms with Crippen molar-refractivity contribution < 1.29 is 4.79 Å². The van der Waals surface area contributed by atoms with Crippen LogP contribution in [-0.2, 0) is 0 Å². The average Bonchev–Trinajstić information content (AvgIpc) is 3.04. The van der Waals surface area contributed by atoms with Crippen molar-refractivity contribution in [2.75, 3.05) is 19.6 Å². The molecule has 1 saturated heterocycles. The second-order valence-electron chi connectivity index (χ2n) is 6.78. The number of hydrogen-bond donors (Lipinski definition) is 3. The van der Waals surface area contributed by atoms with Crippen LogP contribution in [0.3, 0.4) is 0 Å². The third kappa shape index (κ3) is 3.79. The number of piperidine rings is 1. The number of aromatic nitrogens is 2. The molecule has 0 radical (unpaired) electrons. The molecule has 5 heteroatoms. The van der Waals surface area contributed by atoms with E-state index in [4.69, 9.17) is 0 Å². The maximum atomic E-state index is 12.3. The van der Waals surface area contributed by atoms with Gasteiger partial charge in [-0.2, -0.15) is 5.10 Å². The highest BCUT2D eigenvalue weighted by atomic mass is 16.1. The van der Waals surface area contributed by atoms with E-state index in [1.54, 1.807) is 0 Å². The van der Waals surface area contributed by atoms with Crippen LogP contribution in [0.15, 0.2) is 30.3 Å². The van der Waals surface area contributed by atoms with E-state index in [2.05, 4.69) is 34.7 Å². The first kappa shape index (κ1) is 15.7. The van der Waals surface area contributed by atoms with Crippen molar-refractivity contribution in [3.8, 4) is 11.3 Å². The van der Waals surface area contributed by atoms with E-state index in [1.807, 2.05) is 30.3 Å². The molecule has 0 atom stereocenters. The number of aryl methyl sites for hydroxylation is 1. The fourth-order valence-electron chi connectivity index (χ4n) is 2.91. The summed E-state index contributed by atoms with van der Waals surface area (Å²) >= 11 is 0. The van der Waals surface area contributed by atoms with Gasteiger partial charge in [0.25, 0.3) is 5.91 Å². The summed E-state index contributed by atoms with van der Waals surface area (Å²) in [5.74, 6) is -0.0874. The van der Waals surface area contributed by atoms with Crippen LogP contribution in [0.4, 0.5) is 0 Å². The Balaban J connectivity index is 1.63. The molecule has 122 valence electrons. The third-order valence-electron chi connectivity index (χ3n) is 4.66. The monoisotopic (exact) mass is 312 g/mol. The summed E-state index contributed by atoms with van der Waals surface area (Å²) in [5.41, 5.74) is 3.70. The average molecular weight is 312 g/mol. The molecule has 23 heavy (non-hydrogen) atoms. The number of benzene rings is 1. The molecule has 0 saturated carbocycles. The summed E-state index contributed by atoms with van der Waals surface area (Å²) in [6, 6.07) is 9.93. The Morgan fingerprint density at radius 2 is 1.96 bits per heavy atom. The summed E-state index contributed by atoms with van der Waals surface area (Å²) in [6.07, 6.45) is 2.18. The lowest BCUT2D eigenvalue weighted by Crippen LogP contribution is -2.42. The molecular weight excluding hydrogens is 288 g/mol. The maximum Gasteiger partial charge on any atom is 0.269 e. The lowest BCUT2D eigenvalue weighted by atomic mass is 9.81. The predicted molar refractivity (Wildman–Crippen MR) is 91.3 cm³/mol. The Morgan fingerprint density at radius 3 is 2.65 bits per heavy atom. The molecule has 3 N–H and O–H groups in total. The third-order valence-corrected chi connectivity index (χ3v) is 4.66. The molecule has 1 amide bonds. The van der Waals surface area contributed by atoms with Gasteiger partial charge in [-0.1, -0.05) is 36.8 Å². The Kier molecular flexibility index (Phi) is 4.48. The number of nitrogens with zero attached hydrogens (tertiary/aromatic N) is 1. The van der Waals surface area contributed by atoms with Crippen LogP contribution in [-0.4, -0.2) is 35.7 Å². The Hall–Kier alpha value is -2.14. The first-order valence-electron chi connectivity index (χ1n) is 8.17. The van der Waals surface area contributed by atoms with E-state index < -0.39 is 0 Å². The highest BCUT2D eigenvalue weighted by Crippen LogP contribution is 2.26. The minimum atomic E-state index is -0.0874. The molecular formula is C18H24N4O. The summed E-state index contributed by atoms with van der Waals surface area (Å²) in [4.78, 5) is 12.3. The fraction of sp³-hybridized carbons (Fsp3) is 0.444. The standard InChI is InChI=1S/C18H24N4O/c1-13-3-5-14(6-4-13)15-11-16(22-21-15)17(23)20-12-18(2)7-9-19-10-8-18/h3-6,11,19H,7-10,12H2,1-2H3,(H,20,23)(H,21,22).